The summed E-state index contributed by atoms with van der Waals surface area (Å²) in [7, 11) is 0. The molecule has 12 rings (SSSR count). The second-order valence-electron chi connectivity index (χ2n) is 37.3. The first-order valence-corrected chi connectivity index (χ1v) is 46.9. The van der Waals surface area contributed by atoms with Crippen LogP contribution in [0.3, 0.4) is 0 Å². The Kier molecular flexibility index (Phi) is 42.8. The Morgan fingerprint density at radius 1 is 0.192 bits per heavy atom. The maximum atomic E-state index is 13.8. The predicted molar refractivity (Wildman–Crippen MR) is 450 cm³/mol. The number of aliphatic hydroxyl groups excluding tert-OH is 31. The Balaban J connectivity index is 0.893. The van der Waals surface area contributed by atoms with Crippen molar-refractivity contribution in [1.29, 1.82) is 0 Å². The third-order valence-corrected chi connectivity index (χ3v) is 27.0. The summed E-state index contributed by atoms with van der Waals surface area (Å²) < 4.78 is 139. The van der Waals surface area contributed by atoms with Gasteiger partial charge in [-0.05, 0) is 13.8 Å². The van der Waals surface area contributed by atoms with E-state index in [9.17, 15) is 182 Å². The standard InChI is InChI=1S/C82H137N5O59/c1-18-40(101)52(113)57(118)76(126-18)124-17-34-64(49(110)35(71(123)128-34)83-20(3)96)138-73-37(85-22(5)98)50(111)63(30(13-93)134-73)140-80-61(122)68(144-82-70(56(117)45(106)28(11-91)133-82)146-75-39(87-24(7)100)66(142-77-58(119)53(114)41(102)19(2)127-77)65(32(15-95)136-75)141-72-36(84-21(4)97)48(109)42(103)25(8-88)129-72)47(108)33(137-80)16-125-81-69(55(116)44(105)27(10-90)132-81)145-74-38(86-23(6)99)51(112)62(31(14-94)135-74)139-79-60(121)67(46(107)29(12-92)131-79)143-78-59(120)54(115)43(104)26(9-89)130-78/h18-19,25-82,88-95,101-123H,8-17H2,1-7H3,(H,83,96)(H,84,97)(H,85,98)(H,86,99)(H,87,100)/t18-,19-,25+,26+,27+,28+,29+,30+,31+,32+,33+,34+,35+,36+,37+,38+,39-,40+,41+,42-,43-,44+,45+,46-,47+,48+,49+,50+,51+,52+,53+,54-,55-,56-,57-,58-,59+,60+,61-,62+,63+,64+,65+,66+,67-,68-,69-,70-,71+,72-,73-,74-,75-,76+,77-,78+,79-,80-,81-,82+/m0/s1. The van der Waals surface area contributed by atoms with E-state index in [1.54, 1.807) is 0 Å². The molecule has 5 amide bonds. The molecule has 0 spiro atoms. The van der Waals surface area contributed by atoms with Gasteiger partial charge in [-0.1, -0.05) is 0 Å². The number of hydrogen-bond donors (Lipinski definition) is 36. The van der Waals surface area contributed by atoms with E-state index < -0.39 is 464 Å². The van der Waals surface area contributed by atoms with E-state index in [0.29, 0.717) is 0 Å². The average Bonchev–Trinajstić information content (AvgIpc) is 0.758. The van der Waals surface area contributed by atoms with E-state index in [2.05, 4.69) is 26.6 Å². The van der Waals surface area contributed by atoms with Gasteiger partial charge in [-0.3, -0.25) is 24.0 Å². The minimum Gasteiger partial charge on any atom is -0.394 e. The summed E-state index contributed by atoms with van der Waals surface area (Å²) in [5, 5.41) is 363. The lowest BCUT2D eigenvalue weighted by molar-refractivity contribution is -0.402. The highest BCUT2D eigenvalue weighted by Crippen LogP contribution is 2.43. The van der Waals surface area contributed by atoms with Crippen LogP contribution in [0.15, 0.2) is 0 Å². The van der Waals surface area contributed by atoms with Gasteiger partial charge in [0, 0.05) is 34.6 Å². The van der Waals surface area contributed by atoms with Crippen LogP contribution in [0.4, 0.5) is 0 Å². The molecule has 36 N–H and O–H groups in total. The van der Waals surface area contributed by atoms with E-state index in [1.807, 2.05) is 0 Å². The predicted octanol–water partition coefficient (Wildman–Crippen LogP) is -24.4. The monoisotopic (exact) mass is 2140 g/mol. The van der Waals surface area contributed by atoms with Crippen LogP contribution in [0.5, 0.6) is 0 Å². The van der Waals surface area contributed by atoms with E-state index in [-0.39, 0.29) is 0 Å². The molecule has 12 fully saturated rings. The van der Waals surface area contributed by atoms with Gasteiger partial charge in [0.2, 0.25) is 29.5 Å². The quantitative estimate of drug-likeness (QED) is 0.0275. The van der Waals surface area contributed by atoms with Crippen molar-refractivity contribution in [3.8, 4) is 0 Å². The van der Waals surface area contributed by atoms with Gasteiger partial charge in [-0.15, -0.1) is 0 Å². The number of hydrogen-bond acceptors (Lipinski definition) is 59. The van der Waals surface area contributed by atoms with Gasteiger partial charge >= 0.3 is 0 Å². The first-order valence-electron chi connectivity index (χ1n) is 46.9. The van der Waals surface area contributed by atoms with Crippen LogP contribution in [0.1, 0.15) is 48.5 Å². The molecule has 0 aromatic heterocycles. The molecule has 844 valence electrons. The molecule has 12 heterocycles. The maximum absolute atomic E-state index is 13.8. The summed E-state index contributed by atoms with van der Waals surface area (Å²) >= 11 is 0. The molecule has 64 heteroatoms. The minimum absolute atomic E-state index is 0.876. The van der Waals surface area contributed by atoms with Crippen molar-refractivity contribution in [2.45, 2.75) is 417 Å². The van der Waals surface area contributed by atoms with E-state index in [1.165, 1.54) is 13.8 Å². The molecule has 60 atom stereocenters. The SMILES string of the molecule is CC(=O)N[C@@H]1[C@H](O[C@@H]2[C@@H](O[C@@H]3[C@H](O)[C@H](O[C@H]4[C@H](O)[C@@H](NC(C)=O)[C@H](O[C@H]5[C@H](O)[C@@H](NC(C)=O)[C@H](O)O[C@@H]5CO[C@@H]5O[C@@H](C)[C@@H](O)[C@@H](O)[C@@H]5O)O[C@@H]4CO)O[C@H](CO[C@H]4O[C@H](CO)[C@@H](O)[C@H](O)[C@@H]4O[C@@H]4O[C@H](CO)[C@@H](O[C@@H]5O[C@H](CO)[C@H](O)[C@H](O[C@H]6O[C@H](CO)[C@H](O)[C@H](O)[C@H]6O)[C@H]5O)[C@H](O)[C@H]4NC(C)=O)[C@H]3O)O[C@H](CO)[C@@H](O)[C@@H]2O)O[C@H](CO)[C@@H](O[C@@H]2O[C@H](CO)[C@H](O)[C@H](O)[C@H]2NC(C)=O)[C@@H]1O[C@@H]1O[C@@H](C)[C@@H](O)[C@@H](O)[C@@H]1O. The van der Waals surface area contributed by atoms with Crippen LogP contribution in [0.2, 0.25) is 0 Å². The molecule has 12 aliphatic rings. The fraction of sp³-hybridized carbons (Fsp3) is 0.939. The Morgan fingerprint density at radius 3 is 0.890 bits per heavy atom. The molecule has 146 heavy (non-hydrogen) atoms. The number of ether oxygens (including phenoxy) is 23. The zero-order chi connectivity index (χ0) is 107. The smallest absolute Gasteiger partial charge is 0.217 e. The normalized spacial score (nSPS) is 49.8. The van der Waals surface area contributed by atoms with Crippen molar-refractivity contribution in [3.05, 3.63) is 0 Å². The third kappa shape index (κ3) is 26.4. The first kappa shape index (κ1) is 120. The lowest BCUT2D eigenvalue weighted by atomic mass is 9.93. The highest BCUT2D eigenvalue weighted by molar-refractivity contribution is 5.75. The van der Waals surface area contributed by atoms with Crippen LogP contribution in [0, 0.1) is 0 Å². The Morgan fingerprint density at radius 2 is 0.445 bits per heavy atom. The molecule has 0 aromatic carbocycles. The molecular weight excluding hydrogens is 2000 g/mol. The van der Waals surface area contributed by atoms with Gasteiger partial charge in [-0.2, -0.15) is 0 Å². The van der Waals surface area contributed by atoms with E-state index in [4.69, 9.17) is 109 Å². The fourth-order valence-corrected chi connectivity index (χ4v) is 19.1. The number of amides is 5. The summed E-state index contributed by atoms with van der Waals surface area (Å²) in [6.45, 7) is -4.61. The van der Waals surface area contributed by atoms with Gasteiger partial charge in [0.25, 0.3) is 0 Å². The molecule has 12 aliphatic heterocycles. The number of nitrogens with one attached hydrogen (secondary N) is 5. The van der Waals surface area contributed by atoms with Gasteiger partial charge in [0.1, 0.15) is 280 Å². The number of aliphatic hydroxyl groups is 31. The minimum atomic E-state index is -2.74. The van der Waals surface area contributed by atoms with Crippen LogP contribution < -0.4 is 26.6 Å². The summed E-state index contributed by atoms with van der Waals surface area (Å²) in [6, 6.07) is -9.92. The Bertz CT molecular complexity index is 4090. The average molecular weight is 2140 g/mol. The van der Waals surface area contributed by atoms with Gasteiger partial charge in [0.15, 0.2) is 75.5 Å². The van der Waals surface area contributed by atoms with Gasteiger partial charge < -0.3 is 294 Å². The Labute approximate surface area is 827 Å². The van der Waals surface area contributed by atoms with Crippen molar-refractivity contribution < 1.29 is 291 Å². The Hall–Kier alpha value is -4.81. The van der Waals surface area contributed by atoms with Crippen LogP contribution >= 0.6 is 0 Å². The van der Waals surface area contributed by atoms with Crippen molar-refractivity contribution in [3.63, 3.8) is 0 Å². The van der Waals surface area contributed by atoms with Crippen molar-refractivity contribution in [2.75, 3.05) is 66.1 Å². The van der Waals surface area contributed by atoms with E-state index >= 15 is 0 Å². The zero-order valence-electron chi connectivity index (χ0n) is 79.0. The van der Waals surface area contributed by atoms with Crippen LogP contribution in [0.25, 0.3) is 0 Å². The number of rotatable bonds is 37. The molecule has 0 saturated carbocycles. The summed E-state index contributed by atoms with van der Waals surface area (Å²) in [5.74, 6) is -4.90. The highest BCUT2D eigenvalue weighted by atomic mass is 16.8. The lowest BCUT2D eigenvalue weighted by Crippen LogP contribution is -2.72. The van der Waals surface area contributed by atoms with Crippen molar-refractivity contribution in [1.82, 2.24) is 26.6 Å². The maximum Gasteiger partial charge on any atom is 0.217 e. The van der Waals surface area contributed by atoms with Crippen LogP contribution in [-0.4, -0.2) is 622 Å². The third-order valence-electron chi connectivity index (χ3n) is 27.0. The number of carbonyl (C=O) groups is 5. The topological polar surface area (TPSA) is 985 Å². The summed E-state index contributed by atoms with van der Waals surface area (Å²) in [4.78, 5) is 65.8. The second-order valence-corrected chi connectivity index (χ2v) is 37.3. The first-order chi connectivity index (χ1) is 69.0. The molecular formula is C82H137N5O59. The fourth-order valence-electron chi connectivity index (χ4n) is 19.1. The molecule has 0 unspecified atom stereocenters. The van der Waals surface area contributed by atoms with Crippen molar-refractivity contribution >= 4 is 29.5 Å². The van der Waals surface area contributed by atoms with Crippen LogP contribution in [-0.2, 0) is 133 Å². The molecule has 0 aliphatic carbocycles. The largest absolute Gasteiger partial charge is 0.394 e. The summed E-state index contributed by atoms with van der Waals surface area (Å²) in [6.07, 6.45) is -117. The molecule has 0 radical (unpaired) electrons. The molecule has 0 aromatic rings. The summed E-state index contributed by atoms with van der Waals surface area (Å²) in [5.41, 5.74) is 0. The van der Waals surface area contributed by atoms with Crippen molar-refractivity contribution in [2.24, 2.45) is 0 Å². The molecule has 12 saturated heterocycles. The highest BCUT2D eigenvalue weighted by Gasteiger charge is 2.64. The second kappa shape index (κ2) is 52.2. The van der Waals surface area contributed by atoms with E-state index in [0.717, 1.165) is 34.6 Å². The molecule has 64 nitrogen and oxygen atoms in total. The van der Waals surface area contributed by atoms with Gasteiger partial charge in [-0.25, -0.2) is 0 Å². The zero-order valence-corrected chi connectivity index (χ0v) is 79.0. The van der Waals surface area contributed by atoms with Gasteiger partial charge in [0.05, 0.1) is 78.3 Å². The lowest BCUT2D eigenvalue weighted by Gasteiger charge is -2.52. The number of carbonyl (C=O) groups excluding carboxylic acids is 5. The molecule has 0 bridgehead atoms.